The van der Waals surface area contributed by atoms with E-state index < -0.39 is 20.7 Å². The number of benzene rings is 1. The number of nitrogens with zero attached hydrogens (tertiary/aromatic N) is 1. The van der Waals surface area contributed by atoms with Gasteiger partial charge in [0.05, 0.1) is 11.3 Å². The molecule has 0 spiro atoms. The lowest BCUT2D eigenvalue weighted by atomic mass is 10.2. The third-order valence-corrected chi connectivity index (χ3v) is 5.27. The van der Waals surface area contributed by atoms with Gasteiger partial charge >= 0.3 is 0 Å². The van der Waals surface area contributed by atoms with E-state index in [0.717, 1.165) is 9.87 Å². The molecule has 0 heterocycles. The van der Waals surface area contributed by atoms with Crippen molar-refractivity contribution in [1.82, 2.24) is 4.31 Å². The number of carbonyl (C=O) groups excluding carboxylic acids is 1. The van der Waals surface area contributed by atoms with E-state index in [-0.39, 0.29) is 13.1 Å². The fourth-order valence-corrected chi connectivity index (χ4v) is 3.00. The number of hydrogen-bond donors (Lipinski definition) is 2. The summed E-state index contributed by atoms with van der Waals surface area (Å²) in [5.74, 6) is -0.687. The molecule has 0 fully saturated rings. The smallest absolute Gasteiger partial charge is 0.232 e. The maximum atomic E-state index is 12.5. The predicted molar refractivity (Wildman–Crippen MR) is 79.1 cm³/mol. The van der Waals surface area contributed by atoms with E-state index >= 15 is 0 Å². The normalized spacial score (nSPS) is 12.6. The number of primary amides is 1. The first-order valence-electron chi connectivity index (χ1n) is 6.16. The number of anilines is 1. The summed E-state index contributed by atoms with van der Waals surface area (Å²) in [4.78, 5) is 11.1. The van der Waals surface area contributed by atoms with Crippen molar-refractivity contribution in [3.8, 4) is 0 Å². The zero-order valence-corrected chi connectivity index (χ0v) is 12.8. The molecule has 112 valence electrons. The van der Waals surface area contributed by atoms with E-state index in [2.05, 4.69) is 0 Å². The second kappa shape index (κ2) is 5.80. The van der Waals surface area contributed by atoms with Crippen LogP contribution in [-0.2, 0) is 21.4 Å². The van der Waals surface area contributed by atoms with Crippen LogP contribution in [0.15, 0.2) is 24.3 Å². The highest BCUT2D eigenvalue weighted by Gasteiger charge is 2.35. The highest BCUT2D eigenvalue weighted by molar-refractivity contribution is 7.90. The Hall–Kier alpha value is -1.60. The number of rotatable bonds is 5. The van der Waals surface area contributed by atoms with Crippen LogP contribution in [0.1, 0.15) is 26.3 Å². The number of carbonyl (C=O) groups is 1. The second-order valence-corrected chi connectivity index (χ2v) is 8.28. The number of nitrogens with two attached hydrogens (primary N) is 2. The quantitative estimate of drug-likeness (QED) is 0.780. The van der Waals surface area contributed by atoms with Crippen molar-refractivity contribution in [1.29, 1.82) is 0 Å². The van der Waals surface area contributed by atoms with Crippen LogP contribution in [0.3, 0.4) is 0 Å². The third-order valence-electron chi connectivity index (χ3n) is 2.78. The fourth-order valence-electron chi connectivity index (χ4n) is 1.61. The van der Waals surface area contributed by atoms with Crippen LogP contribution in [0.4, 0.5) is 5.69 Å². The van der Waals surface area contributed by atoms with Gasteiger partial charge in [0.15, 0.2) is 0 Å². The second-order valence-electron chi connectivity index (χ2n) is 5.59. The standard InChI is InChI=1S/C13H21N3O3S/c1-13(2,3)20(18,19)16(9-12(15)17)8-10-4-6-11(14)7-5-10/h4-7H,8-9,14H2,1-3H3,(H2,15,17). The van der Waals surface area contributed by atoms with Gasteiger partial charge < -0.3 is 11.5 Å². The van der Waals surface area contributed by atoms with Crippen molar-refractivity contribution in [3.63, 3.8) is 0 Å². The van der Waals surface area contributed by atoms with E-state index in [1.807, 2.05) is 0 Å². The zero-order valence-electron chi connectivity index (χ0n) is 12.0. The molecule has 0 atom stereocenters. The molecule has 1 aromatic rings. The monoisotopic (exact) mass is 299 g/mol. The maximum absolute atomic E-state index is 12.5. The summed E-state index contributed by atoms with van der Waals surface area (Å²) < 4.78 is 25.0. The third kappa shape index (κ3) is 3.94. The van der Waals surface area contributed by atoms with Crippen molar-refractivity contribution < 1.29 is 13.2 Å². The lowest BCUT2D eigenvalue weighted by Gasteiger charge is -2.29. The van der Waals surface area contributed by atoms with Gasteiger partial charge in [-0.3, -0.25) is 4.79 Å². The summed E-state index contributed by atoms with van der Waals surface area (Å²) >= 11 is 0. The molecule has 0 aliphatic carbocycles. The van der Waals surface area contributed by atoms with Gasteiger partial charge in [0.1, 0.15) is 0 Å². The molecule has 0 aliphatic rings. The highest BCUT2D eigenvalue weighted by Crippen LogP contribution is 2.22. The van der Waals surface area contributed by atoms with Crippen molar-refractivity contribution in [2.75, 3.05) is 12.3 Å². The zero-order chi connectivity index (χ0) is 15.6. The molecule has 1 amide bonds. The molecule has 0 bridgehead atoms. The van der Waals surface area contributed by atoms with E-state index in [1.165, 1.54) is 0 Å². The Morgan fingerprint density at radius 3 is 2.10 bits per heavy atom. The molecule has 6 nitrogen and oxygen atoms in total. The van der Waals surface area contributed by atoms with Crippen LogP contribution < -0.4 is 11.5 Å². The van der Waals surface area contributed by atoms with Gasteiger partial charge in [0.2, 0.25) is 15.9 Å². The van der Waals surface area contributed by atoms with Gasteiger partial charge in [-0.2, -0.15) is 4.31 Å². The van der Waals surface area contributed by atoms with Gasteiger partial charge in [0.25, 0.3) is 0 Å². The average molecular weight is 299 g/mol. The Bertz CT molecular complexity index is 574. The largest absolute Gasteiger partial charge is 0.399 e. The topological polar surface area (TPSA) is 106 Å². The van der Waals surface area contributed by atoms with Crippen molar-refractivity contribution in [2.24, 2.45) is 5.73 Å². The number of sulfonamides is 1. The Balaban J connectivity index is 3.08. The molecule has 0 saturated heterocycles. The molecule has 0 radical (unpaired) electrons. The van der Waals surface area contributed by atoms with Gasteiger partial charge in [-0.1, -0.05) is 12.1 Å². The summed E-state index contributed by atoms with van der Waals surface area (Å²) in [7, 11) is -3.64. The van der Waals surface area contributed by atoms with Crippen LogP contribution in [0, 0.1) is 0 Å². The van der Waals surface area contributed by atoms with E-state index in [9.17, 15) is 13.2 Å². The van der Waals surface area contributed by atoms with Gasteiger partial charge in [-0.15, -0.1) is 0 Å². The van der Waals surface area contributed by atoms with Crippen molar-refractivity contribution in [2.45, 2.75) is 32.1 Å². The minimum atomic E-state index is -3.64. The molecule has 4 N–H and O–H groups in total. The predicted octanol–water partition coefficient (Wildman–Crippen LogP) is 0.684. The van der Waals surface area contributed by atoms with Gasteiger partial charge in [0, 0.05) is 12.2 Å². The minimum absolute atomic E-state index is 0.0861. The van der Waals surface area contributed by atoms with Gasteiger partial charge in [-0.05, 0) is 38.5 Å². The molecule has 7 heteroatoms. The number of hydrogen-bond acceptors (Lipinski definition) is 4. The molecule has 0 aromatic heterocycles. The molecule has 20 heavy (non-hydrogen) atoms. The van der Waals surface area contributed by atoms with Crippen LogP contribution in [-0.4, -0.2) is 29.9 Å². The summed E-state index contributed by atoms with van der Waals surface area (Å²) in [6.45, 7) is 4.49. The van der Waals surface area contributed by atoms with Crippen molar-refractivity contribution in [3.05, 3.63) is 29.8 Å². The first-order valence-corrected chi connectivity index (χ1v) is 7.60. The lowest BCUT2D eigenvalue weighted by Crippen LogP contribution is -2.46. The molecule has 0 saturated carbocycles. The van der Waals surface area contributed by atoms with Crippen LogP contribution in [0.25, 0.3) is 0 Å². The van der Waals surface area contributed by atoms with Gasteiger partial charge in [-0.25, -0.2) is 8.42 Å². The maximum Gasteiger partial charge on any atom is 0.232 e. The molecule has 1 aromatic carbocycles. The Morgan fingerprint density at radius 1 is 1.20 bits per heavy atom. The van der Waals surface area contributed by atoms with Crippen molar-refractivity contribution >= 4 is 21.6 Å². The Kier molecular flexibility index (Phi) is 4.77. The molecular formula is C13H21N3O3S. The highest BCUT2D eigenvalue weighted by atomic mass is 32.2. The Morgan fingerprint density at radius 2 is 1.70 bits per heavy atom. The summed E-state index contributed by atoms with van der Waals surface area (Å²) in [5, 5.41) is 0. The number of amides is 1. The van der Waals surface area contributed by atoms with E-state index in [0.29, 0.717) is 5.69 Å². The summed E-state index contributed by atoms with van der Waals surface area (Å²) in [6, 6.07) is 6.81. The first-order chi connectivity index (χ1) is 9.04. The molecule has 0 unspecified atom stereocenters. The van der Waals surface area contributed by atoms with E-state index in [4.69, 9.17) is 11.5 Å². The fraction of sp³-hybridized carbons (Fsp3) is 0.462. The minimum Gasteiger partial charge on any atom is -0.399 e. The van der Waals surface area contributed by atoms with Crippen LogP contribution in [0.5, 0.6) is 0 Å². The number of nitrogen functional groups attached to an aromatic ring is 1. The summed E-state index contributed by atoms with van der Waals surface area (Å²) in [5.41, 5.74) is 12.1. The summed E-state index contributed by atoms with van der Waals surface area (Å²) in [6.07, 6.45) is 0. The molecule has 0 aliphatic heterocycles. The average Bonchev–Trinajstić information content (AvgIpc) is 2.29. The SMILES string of the molecule is CC(C)(C)S(=O)(=O)N(CC(N)=O)Cc1ccc(N)cc1. The Labute approximate surface area is 119 Å². The van der Waals surface area contributed by atoms with Crippen LogP contribution in [0.2, 0.25) is 0 Å². The molecular weight excluding hydrogens is 278 g/mol. The lowest BCUT2D eigenvalue weighted by molar-refractivity contribution is -0.118. The van der Waals surface area contributed by atoms with E-state index in [1.54, 1.807) is 45.0 Å². The van der Waals surface area contributed by atoms with Crippen LogP contribution >= 0.6 is 0 Å². The molecule has 1 rings (SSSR count). The first kappa shape index (κ1) is 16.5.